The Morgan fingerprint density at radius 1 is 1.32 bits per heavy atom. The van der Waals surface area contributed by atoms with Gasteiger partial charge in [0.1, 0.15) is 16.3 Å². The molecule has 0 atom stereocenters. The normalized spacial score (nSPS) is 11.4. The summed E-state index contributed by atoms with van der Waals surface area (Å²) < 4.78 is 36.8. The van der Waals surface area contributed by atoms with Gasteiger partial charge < -0.3 is 14.6 Å². The second-order valence-electron chi connectivity index (χ2n) is 5.15. The van der Waals surface area contributed by atoms with Gasteiger partial charge in [0.25, 0.3) is 5.91 Å². The van der Waals surface area contributed by atoms with Crippen LogP contribution in [0.3, 0.4) is 0 Å². The van der Waals surface area contributed by atoms with Crippen LogP contribution in [0.15, 0.2) is 27.6 Å². The van der Waals surface area contributed by atoms with Crippen LogP contribution in [0.2, 0.25) is 5.02 Å². The van der Waals surface area contributed by atoms with Crippen molar-refractivity contribution in [3.8, 4) is 5.75 Å². The molecule has 0 fully saturated rings. The molecule has 0 saturated carbocycles. The van der Waals surface area contributed by atoms with Crippen molar-refractivity contribution < 1.29 is 22.5 Å². The zero-order valence-electron chi connectivity index (χ0n) is 13.9. The third kappa shape index (κ3) is 4.50. The molecule has 0 aliphatic heterocycles. The molecule has 0 radical (unpaired) electrons. The SMILES string of the molecule is COc1ccc(Cl)cc1C(=O)NCCNS(=O)(=O)c1c(C)noc1C. The fraction of sp³-hybridized carbons (Fsp3) is 0.333. The standard InChI is InChI=1S/C15H18ClN3O5S/c1-9-14(10(2)24-19-9)25(21,22)18-7-6-17-15(20)12-8-11(16)4-5-13(12)23-3/h4-5,8,18H,6-7H2,1-3H3,(H,17,20). The van der Waals surface area contributed by atoms with Crippen LogP contribution in [0.5, 0.6) is 5.75 Å². The molecule has 0 saturated heterocycles. The third-order valence-corrected chi connectivity index (χ3v) is 5.28. The number of hydrogen-bond acceptors (Lipinski definition) is 6. The van der Waals surface area contributed by atoms with Crippen LogP contribution >= 0.6 is 11.6 Å². The van der Waals surface area contributed by atoms with Gasteiger partial charge in [0.05, 0.1) is 12.7 Å². The number of sulfonamides is 1. The molecule has 136 valence electrons. The lowest BCUT2D eigenvalue weighted by atomic mass is 10.2. The second-order valence-corrected chi connectivity index (χ2v) is 7.29. The topological polar surface area (TPSA) is 111 Å². The smallest absolute Gasteiger partial charge is 0.255 e. The van der Waals surface area contributed by atoms with Crippen molar-refractivity contribution in [2.45, 2.75) is 18.7 Å². The summed E-state index contributed by atoms with van der Waals surface area (Å²) in [6.45, 7) is 3.14. The van der Waals surface area contributed by atoms with Crippen molar-refractivity contribution in [2.24, 2.45) is 0 Å². The number of carbonyl (C=O) groups excluding carboxylic acids is 1. The number of aryl methyl sites for hydroxylation is 2. The second kappa shape index (κ2) is 7.85. The molecule has 0 unspecified atom stereocenters. The van der Waals surface area contributed by atoms with E-state index in [-0.39, 0.29) is 35.0 Å². The van der Waals surface area contributed by atoms with Gasteiger partial charge in [0, 0.05) is 18.1 Å². The van der Waals surface area contributed by atoms with Crippen LogP contribution in [-0.2, 0) is 10.0 Å². The number of methoxy groups -OCH3 is 1. The minimum absolute atomic E-state index is 0.00101. The highest BCUT2D eigenvalue weighted by Gasteiger charge is 2.23. The van der Waals surface area contributed by atoms with Crippen molar-refractivity contribution >= 4 is 27.5 Å². The molecule has 1 aromatic carbocycles. The van der Waals surface area contributed by atoms with Gasteiger partial charge in [-0.1, -0.05) is 16.8 Å². The molecular formula is C15H18ClN3O5S. The Labute approximate surface area is 150 Å². The number of carbonyl (C=O) groups is 1. The van der Waals surface area contributed by atoms with Crippen molar-refractivity contribution in [1.29, 1.82) is 0 Å². The average Bonchev–Trinajstić information content (AvgIpc) is 2.90. The van der Waals surface area contributed by atoms with Gasteiger partial charge in [-0.15, -0.1) is 0 Å². The fourth-order valence-electron chi connectivity index (χ4n) is 2.24. The molecule has 2 aromatic rings. The van der Waals surface area contributed by atoms with E-state index in [2.05, 4.69) is 15.2 Å². The zero-order chi connectivity index (χ0) is 18.6. The maximum Gasteiger partial charge on any atom is 0.255 e. The van der Waals surface area contributed by atoms with Crippen molar-refractivity contribution in [2.75, 3.05) is 20.2 Å². The molecule has 0 spiro atoms. The Kier molecular flexibility index (Phi) is 6.04. The van der Waals surface area contributed by atoms with Gasteiger partial charge in [0.2, 0.25) is 10.0 Å². The Hall–Kier alpha value is -2.10. The number of ether oxygens (including phenoxy) is 1. The lowest BCUT2D eigenvalue weighted by Crippen LogP contribution is -2.35. The van der Waals surface area contributed by atoms with E-state index in [1.54, 1.807) is 12.1 Å². The summed E-state index contributed by atoms with van der Waals surface area (Å²) in [6.07, 6.45) is 0. The Morgan fingerprint density at radius 3 is 2.64 bits per heavy atom. The van der Waals surface area contributed by atoms with E-state index in [1.807, 2.05) is 0 Å². The van der Waals surface area contributed by atoms with E-state index in [0.717, 1.165) is 0 Å². The molecule has 0 bridgehead atoms. The first-order valence-corrected chi connectivity index (χ1v) is 9.16. The molecule has 0 aliphatic carbocycles. The predicted octanol–water partition coefficient (Wildman–Crippen LogP) is 1.66. The summed E-state index contributed by atoms with van der Waals surface area (Å²) in [5.41, 5.74) is 0.543. The highest BCUT2D eigenvalue weighted by Crippen LogP contribution is 2.22. The first-order valence-electron chi connectivity index (χ1n) is 7.30. The van der Waals surface area contributed by atoms with Gasteiger partial charge in [-0.05, 0) is 32.0 Å². The highest BCUT2D eigenvalue weighted by atomic mass is 35.5. The fourth-order valence-corrected chi connectivity index (χ4v) is 3.77. The maximum atomic E-state index is 12.2. The summed E-state index contributed by atoms with van der Waals surface area (Å²) in [5, 5.41) is 6.61. The monoisotopic (exact) mass is 387 g/mol. The minimum atomic E-state index is -3.76. The molecule has 2 N–H and O–H groups in total. The highest BCUT2D eigenvalue weighted by molar-refractivity contribution is 7.89. The zero-order valence-corrected chi connectivity index (χ0v) is 15.5. The number of halogens is 1. The maximum absolute atomic E-state index is 12.2. The van der Waals surface area contributed by atoms with Gasteiger partial charge in [-0.3, -0.25) is 4.79 Å². The summed E-state index contributed by atoms with van der Waals surface area (Å²) >= 11 is 5.88. The number of aromatic nitrogens is 1. The van der Waals surface area contributed by atoms with Crippen LogP contribution < -0.4 is 14.8 Å². The Morgan fingerprint density at radius 2 is 2.04 bits per heavy atom. The summed E-state index contributed by atoms with van der Waals surface area (Å²) in [5.74, 6) is 0.159. The van der Waals surface area contributed by atoms with Gasteiger partial charge in [0.15, 0.2) is 5.76 Å². The van der Waals surface area contributed by atoms with Crippen LogP contribution in [-0.4, -0.2) is 39.7 Å². The van der Waals surface area contributed by atoms with E-state index in [0.29, 0.717) is 10.8 Å². The number of benzene rings is 1. The van der Waals surface area contributed by atoms with Crippen LogP contribution in [0, 0.1) is 13.8 Å². The predicted molar refractivity (Wildman–Crippen MR) is 91.5 cm³/mol. The van der Waals surface area contributed by atoms with Crippen LogP contribution in [0.1, 0.15) is 21.8 Å². The molecule has 0 aliphatic rings. The lowest BCUT2D eigenvalue weighted by Gasteiger charge is -2.10. The quantitative estimate of drug-likeness (QED) is 0.699. The van der Waals surface area contributed by atoms with Gasteiger partial charge >= 0.3 is 0 Å². The minimum Gasteiger partial charge on any atom is -0.496 e. The lowest BCUT2D eigenvalue weighted by molar-refractivity contribution is 0.0951. The molecule has 1 aromatic heterocycles. The number of hydrogen-bond donors (Lipinski definition) is 2. The van der Waals surface area contributed by atoms with E-state index in [9.17, 15) is 13.2 Å². The molecule has 2 rings (SSSR count). The van der Waals surface area contributed by atoms with Crippen LogP contribution in [0.25, 0.3) is 0 Å². The Bertz CT molecular complexity index is 860. The molecule has 8 nitrogen and oxygen atoms in total. The van der Waals surface area contributed by atoms with Crippen molar-refractivity contribution in [3.05, 3.63) is 40.2 Å². The van der Waals surface area contributed by atoms with E-state index in [4.69, 9.17) is 20.9 Å². The summed E-state index contributed by atoms with van der Waals surface area (Å²) in [6, 6.07) is 4.66. The molecule has 1 heterocycles. The largest absolute Gasteiger partial charge is 0.496 e. The van der Waals surface area contributed by atoms with E-state index in [1.165, 1.54) is 27.0 Å². The van der Waals surface area contributed by atoms with Gasteiger partial charge in [-0.2, -0.15) is 0 Å². The summed E-state index contributed by atoms with van der Waals surface area (Å²) in [4.78, 5) is 12.2. The molecule has 25 heavy (non-hydrogen) atoms. The molecule has 1 amide bonds. The average molecular weight is 388 g/mol. The number of amides is 1. The first-order chi connectivity index (χ1) is 11.8. The third-order valence-electron chi connectivity index (χ3n) is 3.35. The van der Waals surface area contributed by atoms with E-state index >= 15 is 0 Å². The van der Waals surface area contributed by atoms with E-state index < -0.39 is 15.9 Å². The number of nitrogens with zero attached hydrogens (tertiary/aromatic N) is 1. The summed E-state index contributed by atoms with van der Waals surface area (Å²) in [7, 11) is -2.32. The number of nitrogens with one attached hydrogen (secondary N) is 2. The molecule has 10 heteroatoms. The van der Waals surface area contributed by atoms with Gasteiger partial charge in [-0.25, -0.2) is 13.1 Å². The molecular weight excluding hydrogens is 370 g/mol. The Balaban J connectivity index is 1.95. The van der Waals surface area contributed by atoms with Crippen molar-refractivity contribution in [1.82, 2.24) is 15.2 Å². The van der Waals surface area contributed by atoms with Crippen LogP contribution in [0.4, 0.5) is 0 Å². The van der Waals surface area contributed by atoms with Crippen molar-refractivity contribution in [3.63, 3.8) is 0 Å². The first kappa shape index (κ1) is 19.2. The number of rotatable bonds is 7.